The third-order valence-electron chi connectivity index (χ3n) is 6.73. The molecule has 1 saturated heterocycles. The van der Waals surface area contributed by atoms with E-state index in [1.54, 1.807) is 0 Å². The number of rotatable bonds is 9. The maximum atomic E-state index is 13.0. The number of hydrogen-bond acceptors (Lipinski definition) is 6. The number of carbonyl (C=O) groups excluding carboxylic acids is 2. The fraction of sp³-hybridized carbons (Fsp3) is 0.423. The maximum absolute atomic E-state index is 13.0. The summed E-state index contributed by atoms with van der Waals surface area (Å²) >= 11 is 0. The molecule has 2 atom stereocenters. The van der Waals surface area contributed by atoms with Crippen LogP contribution in [0.25, 0.3) is 11.1 Å². The van der Waals surface area contributed by atoms with Crippen molar-refractivity contribution < 1.29 is 33.7 Å². The molecular formula is C26H30N2O7. The van der Waals surface area contributed by atoms with Gasteiger partial charge in [-0.2, -0.15) is 0 Å². The Morgan fingerprint density at radius 1 is 1.09 bits per heavy atom. The van der Waals surface area contributed by atoms with Crippen LogP contribution in [0.1, 0.15) is 29.9 Å². The number of nitrogens with one attached hydrogen (secondary N) is 2. The van der Waals surface area contributed by atoms with Crippen molar-refractivity contribution in [1.82, 2.24) is 10.6 Å². The fourth-order valence-electron chi connectivity index (χ4n) is 4.79. The Balaban J connectivity index is 1.37. The lowest BCUT2D eigenvalue weighted by Gasteiger charge is -2.35. The smallest absolute Gasteiger partial charge is 0.407 e. The number of alkyl carbamates (subject to hydrolysis) is 1. The first-order chi connectivity index (χ1) is 16.9. The van der Waals surface area contributed by atoms with Crippen LogP contribution in [-0.4, -0.2) is 69.2 Å². The lowest BCUT2D eigenvalue weighted by Crippen LogP contribution is -2.54. The van der Waals surface area contributed by atoms with E-state index in [-0.39, 0.29) is 38.1 Å². The molecule has 35 heavy (non-hydrogen) atoms. The molecule has 9 nitrogen and oxygen atoms in total. The topological polar surface area (TPSA) is 123 Å². The van der Waals surface area contributed by atoms with Crippen molar-refractivity contribution in [3.05, 3.63) is 59.7 Å². The van der Waals surface area contributed by atoms with E-state index in [0.717, 1.165) is 22.3 Å². The molecule has 4 rings (SSSR count). The van der Waals surface area contributed by atoms with Gasteiger partial charge in [-0.1, -0.05) is 48.5 Å². The quantitative estimate of drug-likeness (QED) is 0.502. The normalized spacial score (nSPS) is 19.8. The minimum atomic E-state index is -1.17. The molecule has 1 aliphatic carbocycles. The van der Waals surface area contributed by atoms with Crippen molar-refractivity contribution in [2.24, 2.45) is 5.41 Å². The van der Waals surface area contributed by atoms with Gasteiger partial charge in [0.2, 0.25) is 5.91 Å². The van der Waals surface area contributed by atoms with Gasteiger partial charge in [-0.3, -0.25) is 4.79 Å². The summed E-state index contributed by atoms with van der Waals surface area (Å²) in [6.45, 7) is 0.643. The molecule has 9 heteroatoms. The van der Waals surface area contributed by atoms with E-state index in [1.807, 2.05) is 36.4 Å². The molecule has 0 radical (unpaired) electrons. The number of hydrogen-bond donors (Lipinski definition) is 3. The molecule has 0 bridgehead atoms. The second-order valence-electron chi connectivity index (χ2n) is 8.89. The Labute approximate surface area is 203 Å². The number of ether oxygens (including phenoxy) is 3. The lowest BCUT2D eigenvalue weighted by atomic mass is 9.81. The highest BCUT2D eigenvalue weighted by Gasteiger charge is 2.41. The molecule has 2 aromatic carbocycles. The number of methoxy groups -OCH3 is 1. The third-order valence-corrected chi connectivity index (χ3v) is 6.73. The number of carboxylic acid groups (broad SMARTS) is 1. The van der Waals surface area contributed by atoms with Crippen molar-refractivity contribution in [2.75, 3.05) is 40.0 Å². The van der Waals surface area contributed by atoms with E-state index in [4.69, 9.17) is 19.3 Å². The van der Waals surface area contributed by atoms with Crippen LogP contribution < -0.4 is 10.6 Å². The van der Waals surface area contributed by atoms with Crippen LogP contribution >= 0.6 is 0 Å². The number of benzene rings is 2. The molecule has 1 heterocycles. The minimum Gasteiger partial charge on any atom is -0.479 e. The van der Waals surface area contributed by atoms with Gasteiger partial charge in [0.25, 0.3) is 0 Å². The average Bonchev–Trinajstić information content (AvgIpc) is 3.20. The zero-order valence-corrected chi connectivity index (χ0v) is 19.6. The van der Waals surface area contributed by atoms with E-state index in [2.05, 4.69) is 22.8 Å². The molecule has 186 valence electrons. The SMILES string of the molecule is COC(CNC(=O)C1(CNC(=O)OCC2c3ccccc3-c3ccccc32)CCCOC1)C(=O)O. The van der Waals surface area contributed by atoms with Gasteiger partial charge in [-0.25, -0.2) is 9.59 Å². The van der Waals surface area contributed by atoms with Crippen LogP contribution in [0.4, 0.5) is 4.79 Å². The minimum absolute atomic E-state index is 0.0141. The predicted molar refractivity (Wildman–Crippen MR) is 127 cm³/mol. The van der Waals surface area contributed by atoms with Gasteiger partial charge in [0.15, 0.2) is 6.10 Å². The molecule has 2 amide bonds. The standard InChI is InChI=1S/C26H30N2O7/c1-33-22(23(29)30)13-27-24(31)26(11-6-12-34-16-26)15-28-25(32)35-14-21-19-9-4-2-7-17(19)18-8-3-5-10-20(18)21/h2-5,7-10,21-22H,6,11-16H2,1H3,(H,27,31)(H,28,32)(H,29,30). The van der Waals surface area contributed by atoms with E-state index in [9.17, 15) is 14.4 Å². The summed E-state index contributed by atoms with van der Waals surface area (Å²) in [4.78, 5) is 36.8. The summed E-state index contributed by atoms with van der Waals surface area (Å²) < 4.78 is 16.0. The molecule has 1 aliphatic heterocycles. The first-order valence-corrected chi connectivity index (χ1v) is 11.7. The second-order valence-corrected chi connectivity index (χ2v) is 8.89. The Morgan fingerprint density at radius 2 is 1.74 bits per heavy atom. The molecule has 2 aromatic rings. The maximum Gasteiger partial charge on any atom is 0.407 e. The summed E-state index contributed by atoms with van der Waals surface area (Å²) in [5.41, 5.74) is 3.50. The molecule has 2 unspecified atom stereocenters. The highest BCUT2D eigenvalue weighted by Crippen LogP contribution is 2.44. The van der Waals surface area contributed by atoms with Crippen LogP contribution in [0.3, 0.4) is 0 Å². The van der Waals surface area contributed by atoms with E-state index in [0.29, 0.717) is 19.4 Å². The third kappa shape index (κ3) is 5.31. The van der Waals surface area contributed by atoms with Crippen LogP contribution in [-0.2, 0) is 23.8 Å². The van der Waals surface area contributed by atoms with E-state index >= 15 is 0 Å². The van der Waals surface area contributed by atoms with Crippen molar-refractivity contribution in [3.63, 3.8) is 0 Å². The number of aliphatic carboxylic acids is 1. The van der Waals surface area contributed by atoms with Crippen LogP contribution in [0.5, 0.6) is 0 Å². The molecule has 0 saturated carbocycles. The average molecular weight is 483 g/mol. The summed E-state index contributed by atoms with van der Waals surface area (Å²) in [5.74, 6) is -1.62. The first kappa shape index (κ1) is 24.7. The highest BCUT2D eigenvalue weighted by molar-refractivity contribution is 5.85. The Morgan fingerprint density at radius 3 is 2.31 bits per heavy atom. The first-order valence-electron chi connectivity index (χ1n) is 11.7. The molecule has 0 spiro atoms. The second kappa shape index (κ2) is 10.9. The fourth-order valence-corrected chi connectivity index (χ4v) is 4.79. The number of fused-ring (bicyclic) bond motifs is 3. The van der Waals surface area contributed by atoms with Crippen LogP contribution in [0, 0.1) is 5.41 Å². The van der Waals surface area contributed by atoms with Gasteiger partial charge in [0.05, 0.1) is 18.6 Å². The van der Waals surface area contributed by atoms with Gasteiger partial charge in [-0.15, -0.1) is 0 Å². The van der Waals surface area contributed by atoms with Crippen LogP contribution in [0.2, 0.25) is 0 Å². The molecule has 2 aliphatic rings. The van der Waals surface area contributed by atoms with Gasteiger partial charge >= 0.3 is 12.1 Å². The predicted octanol–water partition coefficient (Wildman–Crippen LogP) is 2.54. The molecule has 0 aromatic heterocycles. The Bertz CT molecular complexity index is 1040. The van der Waals surface area contributed by atoms with E-state index < -0.39 is 23.6 Å². The molecule has 1 fully saturated rings. The highest BCUT2D eigenvalue weighted by atomic mass is 16.5. The lowest BCUT2D eigenvalue weighted by molar-refractivity contribution is -0.149. The number of amides is 2. The Hall–Kier alpha value is -3.43. The van der Waals surface area contributed by atoms with E-state index in [1.165, 1.54) is 7.11 Å². The van der Waals surface area contributed by atoms with Crippen molar-refractivity contribution >= 4 is 18.0 Å². The van der Waals surface area contributed by atoms with Crippen LogP contribution in [0.15, 0.2) is 48.5 Å². The van der Waals surface area contributed by atoms with Gasteiger partial charge < -0.3 is 30.0 Å². The molecule has 3 N–H and O–H groups in total. The monoisotopic (exact) mass is 482 g/mol. The van der Waals surface area contributed by atoms with Crippen molar-refractivity contribution in [2.45, 2.75) is 24.9 Å². The molecular weight excluding hydrogens is 452 g/mol. The van der Waals surface area contributed by atoms with Crippen molar-refractivity contribution in [1.29, 1.82) is 0 Å². The number of carboxylic acids is 1. The zero-order valence-electron chi connectivity index (χ0n) is 19.6. The summed E-state index contributed by atoms with van der Waals surface area (Å²) in [6, 6.07) is 16.2. The summed E-state index contributed by atoms with van der Waals surface area (Å²) in [5, 5.41) is 14.5. The van der Waals surface area contributed by atoms with Gasteiger partial charge in [0.1, 0.15) is 6.61 Å². The van der Waals surface area contributed by atoms with Gasteiger partial charge in [0, 0.05) is 26.2 Å². The van der Waals surface area contributed by atoms with Crippen molar-refractivity contribution in [3.8, 4) is 11.1 Å². The summed E-state index contributed by atoms with van der Waals surface area (Å²) in [7, 11) is 1.27. The van der Waals surface area contributed by atoms with Gasteiger partial charge in [-0.05, 0) is 35.1 Å². The largest absolute Gasteiger partial charge is 0.479 e. The number of carbonyl (C=O) groups is 3. The Kier molecular flexibility index (Phi) is 7.67. The zero-order chi connectivity index (χ0) is 24.8. The summed E-state index contributed by atoms with van der Waals surface area (Å²) in [6.07, 6.45) is -0.639.